The number of nitrogens with zero attached hydrogens (tertiary/aromatic N) is 3. The Morgan fingerprint density at radius 1 is 0.372 bits per heavy atom. The van der Waals surface area contributed by atoms with E-state index in [1.807, 2.05) is 30.3 Å². The van der Waals surface area contributed by atoms with Crippen molar-refractivity contribution in [2.75, 3.05) is 0 Å². The van der Waals surface area contributed by atoms with Gasteiger partial charge in [-0.15, -0.1) is 0 Å². The number of fused-ring (bicyclic) bond motifs is 9. The smallest absolute Gasteiger partial charge is 0.235 e. The first-order valence-electron chi connectivity index (χ1n) is 14.6. The number of hydrogen-bond acceptors (Lipinski definition) is 2. The SMILES string of the molecule is c1ccc(-c2cc(-c3ccc(-c4ccc5c6ccccc6c6ccccc6c5c4)cc3)n3c(n2)nc2ccccc23)cc1. The van der Waals surface area contributed by atoms with E-state index < -0.39 is 0 Å². The summed E-state index contributed by atoms with van der Waals surface area (Å²) in [5.74, 6) is 0.704. The molecule has 0 N–H and O–H groups in total. The monoisotopic (exact) mass is 547 g/mol. The van der Waals surface area contributed by atoms with E-state index in [9.17, 15) is 0 Å². The van der Waals surface area contributed by atoms with Gasteiger partial charge >= 0.3 is 0 Å². The highest BCUT2D eigenvalue weighted by atomic mass is 15.1. The minimum Gasteiger partial charge on any atom is -0.276 e. The molecule has 0 saturated heterocycles. The van der Waals surface area contributed by atoms with Crippen molar-refractivity contribution >= 4 is 49.1 Å². The molecule has 3 nitrogen and oxygen atoms in total. The van der Waals surface area contributed by atoms with Gasteiger partial charge in [-0.2, -0.15) is 0 Å². The minimum absolute atomic E-state index is 0.704. The fourth-order valence-corrected chi connectivity index (χ4v) is 6.55. The van der Waals surface area contributed by atoms with E-state index in [1.54, 1.807) is 0 Å². The molecule has 0 bridgehead atoms. The minimum atomic E-state index is 0.704. The maximum atomic E-state index is 4.96. The van der Waals surface area contributed by atoms with Crippen molar-refractivity contribution in [3.8, 4) is 33.6 Å². The summed E-state index contributed by atoms with van der Waals surface area (Å²) in [6.07, 6.45) is 0. The molecule has 3 heteroatoms. The Hall–Kier alpha value is -5.80. The fourth-order valence-electron chi connectivity index (χ4n) is 6.55. The van der Waals surface area contributed by atoms with Gasteiger partial charge < -0.3 is 0 Å². The standard InChI is InChI=1S/C40H25N3/c1-2-10-27(11-3-1)37-25-39(43-38-17-9-8-16-36(38)41-40(43)42-37)28-20-18-26(19-21-28)29-22-23-34-32-14-5-4-12-30(32)31-13-6-7-15-33(31)35(34)24-29/h1-25H. The summed E-state index contributed by atoms with van der Waals surface area (Å²) < 4.78 is 2.17. The quantitative estimate of drug-likeness (QED) is 0.206. The van der Waals surface area contributed by atoms with Crippen LogP contribution >= 0.6 is 0 Å². The molecule has 0 amide bonds. The molecule has 200 valence electrons. The second kappa shape index (κ2) is 9.37. The maximum Gasteiger partial charge on any atom is 0.235 e. The van der Waals surface area contributed by atoms with Crippen LogP contribution in [-0.4, -0.2) is 14.4 Å². The molecule has 43 heavy (non-hydrogen) atoms. The molecule has 0 saturated carbocycles. The summed E-state index contributed by atoms with van der Waals surface area (Å²) in [4.78, 5) is 9.84. The zero-order valence-corrected chi connectivity index (χ0v) is 23.3. The van der Waals surface area contributed by atoms with Gasteiger partial charge in [0, 0.05) is 5.56 Å². The first-order valence-corrected chi connectivity index (χ1v) is 14.6. The maximum absolute atomic E-state index is 4.96. The Balaban J connectivity index is 1.21. The molecule has 0 unspecified atom stereocenters. The topological polar surface area (TPSA) is 30.2 Å². The molecule has 7 aromatic carbocycles. The molecular weight excluding hydrogens is 522 g/mol. The van der Waals surface area contributed by atoms with Gasteiger partial charge in [0.25, 0.3) is 0 Å². The molecule has 9 aromatic rings. The average Bonchev–Trinajstić information content (AvgIpc) is 3.47. The Labute approximate surface area is 248 Å². The van der Waals surface area contributed by atoms with Crippen LogP contribution in [0.3, 0.4) is 0 Å². The van der Waals surface area contributed by atoms with E-state index in [0.717, 1.165) is 33.5 Å². The molecule has 0 aliphatic heterocycles. The van der Waals surface area contributed by atoms with Crippen LogP contribution in [0.5, 0.6) is 0 Å². The third kappa shape index (κ3) is 3.75. The molecule has 0 radical (unpaired) electrons. The highest BCUT2D eigenvalue weighted by Gasteiger charge is 2.15. The molecule has 0 fully saturated rings. The van der Waals surface area contributed by atoms with Crippen LogP contribution < -0.4 is 0 Å². The van der Waals surface area contributed by atoms with E-state index in [4.69, 9.17) is 9.97 Å². The second-order valence-corrected chi connectivity index (χ2v) is 11.1. The van der Waals surface area contributed by atoms with Crippen LogP contribution in [0.4, 0.5) is 0 Å². The van der Waals surface area contributed by atoms with Crippen LogP contribution in [0.2, 0.25) is 0 Å². The summed E-state index contributed by atoms with van der Waals surface area (Å²) in [5, 5.41) is 7.74. The number of imidazole rings is 1. The first kappa shape index (κ1) is 23.9. The summed E-state index contributed by atoms with van der Waals surface area (Å²) in [7, 11) is 0. The second-order valence-electron chi connectivity index (χ2n) is 11.1. The van der Waals surface area contributed by atoms with Crippen LogP contribution in [0.1, 0.15) is 0 Å². The predicted molar refractivity (Wildman–Crippen MR) is 179 cm³/mol. The van der Waals surface area contributed by atoms with Crippen LogP contribution in [0.15, 0.2) is 152 Å². The number of hydrogen-bond donors (Lipinski definition) is 0. The summed E-state index contributed by atoms with van der Waals surface area (Å²) in [6, 6.07) is 54.0. The van der Waals surface area contributed by atoms with Crippen molar-refractivity contribution in [2.24, 2.45) is 0 Å². The van der Waals surface area contributed by atoms with Crippen molar-refractivity contribution in [3.63, 3.8) is 0 Å². The Bertz CT molecular complexity index is 2450. The summed E-state index contributed by atoms with van der Waals surface area (Å²) in [6.45, 7) is 0. The number of aromatic nitrogens is 3. The Kier molecular flexibility index (Phi) is 5.20. The third-order valence-electron chi connectivity index (χ3n) is 8.61. The van der Waals surface area contributed by atoms with Gasteiger partial charge in [0.1, 0.15) is 0 Å². The van der Waals surface area contributed by atoms with Gasteiger partial charge in [0.05, 0.1) is 22.4 Å². The zero-order chi connectivity index (χ0) is 28.3. The van der Waals surface area contributed by atoms with Crippen molar-refractivity contribution in [2.45, 2.75) is 0 Å². The molecule has 0 spiro atoms. The normalized spacial score (nSPS) is 11.7. The Morgan fingerprint density at radius 2 is 0.930 bits per heavy atom. The van der Waals surface area contributed by atoms with Crippen molar-refractivity contribution in [3.05, 3.63) is 152 Å². The largest absolute Gasteiger partial charge is 0.276 e. The highest BCUT2D eigenvalue weighted by molar-refractivity contribution is 6.25. The summed E-state index contributed by atoms with van der Waals surface area (Å²) in [5.41, 5.74) is 8.56. The molecular formula is C40H25N3. The lowest BCUT2D eigenvalue weighted by Crippen LogP contribution is -1.97. The Morgan fingerprint density at radius 3 is 1.65 bits per heavy atom. The van der Waals surface area contributed by atoms with E-state index >= 15 is 0 Å². The first-order chi connectivity index (χ1) is 21.3. The van der Waals surface area contributed by atoms with E-state index in [2.05, 4.69) is 126 Å². The fraction of sp³-hybridized carbons (Fsp3) is 0. The summed E-state index contributed by atoms with van der Waals surface area (Å²) >= 11 is 0. The molecule has 2 heterocycles. The van der Waals surface area contributed by atoms with Crippen molar-refractivity contribution in [1.82, 2.24) is 14.4 Å². The molecule has 2 aromatic heterocycles. The van der Waals surface area contributed by atoms with Crippen molar-refractivity contribution < 1.29 is 0 Å². The van der Waals surface area contributed by atoms with E-state index in [-0.39, 0.29) is 0 Å². The lowest BCUT2D eigenvalue weighted by atomic mass is 9.92. The third-order valence-corrected chi connectivity index (χ3v) is 8.61. The predicted octanol–water partition coefficient (Wildman–Crippen LogP) is 10.3. The van der Waals surface area contributed by atoms with Gasteiger partial charge in [-0.25, -0.2) is 9.97 Å². The number of para-hydroxylation sites is 2. The van der Waals surface area contributed by atoms with Crippen LogP contribution in [-0.2, 0) is 0 Å². The molecule has 0 atom stereocenters. The van der Waals surface area contributed by atoms with Gasteiger partial charge in [-0.1, -0.05) is 127 Å². The average molecular weight is 548 g/mol. The van der Waals surface area contributed by atoms with Gasteiger partial charge in [0.2, 0.25) is 5.78 Å². The van der Waals surface area contributed by atoms with Crippen LogP contribution in [0.25, 0.3) is 82.8 Å². The molecule has 0 aliphatic carbocycles. The number of benzene rings is 7. The van der Waals surface area contributed by atoms with E-state index in [1.165, 1.54) is 43.4 Å². The number of rotatable bonds is 3. The zero-order valence-electron chi connectivity index (χ0n) is 23.3. The molecule has 0 aliphatic rings. The van der Waals surface area contributed by atoms with Crippen LogP contribution in [0, 0.1) is 0 Å². The van der Waals surface area contributed by atoms with E-state index in [0.29, 0.717) is 5.78 Å². The lowest BCUT2D eigenvalue weighted by molar-refractivity contribution is 1.14. The lowest BCUT2D eigenvalue weighted by Gasteiger charge is -2.13. The highest BCUT2D eigenvalue weighted by Crippen LogP contribution is 2.37. The van der Waals surface area contributed by atoms with Gasteiger partial charge in [-0.3, -0.25) is 4.40 Å². The van der Waals surface area contributed by atoms with Gasteiger partial charge in [0.15, 0.2) is 0 Å². The van der Waals surface area contributed by atoms with Crippen molar-refractivity contribution in [1.29, 1.82) is 0 Å². The van der Waals surface area contributed by atoms with Gasteiger partial charge in [-0.05, 0) is 73.3 Å². The molecule has 9 rings (SSSR count).